The molecule has 1 heterocycles. The molecule has 0 aromatic heterocycles. The number of hydrogen-bond acceptors (Lipinski definition) is 5. The zero-order chi connectivity index (χ0) is 12.0. The van der Waals surface area contributed by atoms with Crippen LogP contribution in [0.2, 0.25) is 0 Å². The molecule has 1 saturated carbocycles. The monoisotopic (exact) mass is 294 g/mol. The second-order valence-electron chi connectivity index (χ2n) is 3.55. The molecule has 0 aromatic rings. The number of alkyl halides is 3. The summed E-state index contributed by atoms with van der Waals surface area (Å²) in [4.78, 5) is 0. The fraction of sp³-hybridized carbons (Fsp3) is 1.00. The first-order valence-corrected chi connectivity index (χ1v) is 7.92. The van der Waals surface area contributed by atoms with Gasteiger partial charge in [-0.25, -0.2) is 0 Å². The van der Waals surface area contributed by atoms with Crippen LogP contribution in [0.1, 0.15) is 12.8 Å². The largest absolute Gasteiger partial charge is 0.523 e. The smallest absolute Gasteiger partial charge is 0.257 e. The topological polar surface area (TPSA) is 43.4 Å². The fourth-order valence-electron chi connectivity index (χ4n) is 1.41. The number of hydrogen-bond donors (Lipinski definition) is 0. The van der Waals surface area contributed by atoms with E-state index in [1.165, 1.54) is 23.5 Å². The summed E-state index contributed by atoms with van der Waals surface area (Å²) in [5.41, 5.74) is -5.32. The molecule has 0 unspecified atom stereocenters. The van der Waals surface area contributed by atoms with Gasteiger partial charge in [-0.3, -0.25) is 4.18 Å². The van der Waals surface area contributed by atoms with Crippen LogP contribution in [0.25, 0.3) is 0 Å². The molecule has 0 radical (unpaired) electrons. The van der Waals surface area contributed by atoms with Gasteiger partial charge < -0.3 is 0 Å². The average Bonchev–Trinajstić information content (AvgIpc) is 2.76. The van der Waals surface area contributed by atoms with Crippen LogP contribution in [0.15, 0.2) is 0 Å². The van der Waals surface area contributed by atoms with Gasteiger partial charge in [0.05, 0.1) is 4.08 Å². The third kappa shape index (κ3) is 2.32. The minimum atomic E-state index is -5.44. The molecule has 0 bridgehead atoms. The van der Waals surface area contributed by atoms with E-state index in [0.29, 0.717) is 6.42 Å². The molecule has 2 aliphatic rings. The summed E-state index contributed by atoms with van der Waals surface area (Å²) in [5, 5.41) is 0. The Morgan fingerprint density at radius 1 is 1.25 bits per heavy atom. The Balaban J connectivity index is 1.99. The molecular formula is C7H9F3O3S3. The molecule has 0 aromatic carbocycles. The van der Waals surface area contributed by atoms with E-state index in [1.54, 1.807) is 0 Å². The van der Waals surface area contributed by atoms with E-state index in [2.05, 4.69) is 4.18 Å². The molecule has 1 atom stereocenters. The van der Waals surface area contributed by atoms with Crippen LogP contribution in [-0.4, -0.2) is 35.6 Å². The third-order valence-electron chi connectivity index (χ3n) is 2.31. The molecule has 1 saturated heterocycles. The SMILES string of the molecule is O=S(=O)(O[C@@H]1CC12SCCCS2)C(F)(F)F. The minimum Gasteiger partial charge on any atom is -0.257 e. The molecule has 94 valence electrons. The molecule has 0 amide bonds. The molecule has 9 heteroatoms. The van der Waals surface area contributed by atoms with Crippen molar-refractivity contribution in [3.8, 4) is 0 Å². The van der Waals surface area contributed by atoms with Gasteiger partial charge in [0.15, 0.2) is 0 Å². The van der Waals surface area contributed by atoms with Crippen LogP contribution in [0, 0.1) is 0 Å². The van der Waals surface area contributed by atoms with Gasteiger partial charge in [-0.1, -0.05) is 0 Å². The summed E-state index contributed by atoms with van der Waals surface area (Å²) in [6, 6.07) is 0. The van der Waals surface area contributed by atoms with E-state index in [1.807, 2.05) is 0 Å². The molecule has 3 nitrogen and oxygen atoms in total. The first kappa shape index (κ1) is 12.8. The van der Waals surface area contributed by atoms with Crippen molar-refractivity contribution in [3.63, 3.8) is 0 Å². The van der Waals surface area contributed by atoms with Crippen LogP contribution in [0.5, 0.6) is 0 Å². The Labute approximate surface area is 99.6 Å². The van der Waals surface area contributed by atoms with Gasteiger partial charge in [0.2, 0.25) is 0 Å². The van der Waals surface area contributed by atoms with Crippen molar-refractivity contribution in [2.45, 2.75) is 28.5 Å². The van der Waals surface area contributed by atoms with Crippen LogP contribution in [-0.2, 0) is 14.3 Å². The predicted molar refractivity (Wildman–Crippen MR) is 56.7 cm³/mol. The zero-order valence-corrected chi connectivity index (χ0v) is 10.4. The summed E-state index contributed by atoms with van der Waals surface area (Å²) in [7, 11) is -5.44. The van der Waals surface area contributed by atoms with Gasteiger partial charge in [0.1, 0.15) is 6.10 Å². The maximum atomic E-state index is 12.1. The van der Waals surface area contributed by atoms with Gasteiger partial charge in [-0.15, -0.1) is 23.5 Å². The van der Waals surface area contributed by atoms with E-state index in [9.17, 15) is 21.6 Å². The van der Waals surface area contributed by atoms with Gasteiger partial charge in [-0.2, -0.15) is 21.6 Å². The Morgan fingerprint density at radius 3 is 2.31 bits per heavy atom. The second-order valence-corrected chi connectivity index (χ2v) is 8.22. The van der Waals surface area contributed by atoms with Crippen LogP contribution < -0.4 is 0 Å². The van der Waals surface area contributed by atoms with Gasteiger partial charge in [0, 0.05) is 6.42 Å². The van der Waals surface area contributed by atoms with Crippen molar-refractivity contribution in [2.24, 2.45) is 0 Å². The van der Waals surface area contributed by atoms with E-state index in [0.717, 1.165) is 17.9 Å². The molecule has 16 heavy (non-hydrogen) atoms. The van der Waals surface area contributed by atoms with Crippen molar-refractivity contribution in [3.05, 3.63) is 0 Å². The fourth-order valence-corrected chi connectivity index (χ4v) is 5.47. The summed E-state index contributed by atoms with van der Waals surface area (Å²) >= 11 is 2.99. The molecule has 1 aliphatic heterocycles. The highest BCUT2D eigenvalue weighted by Gasteiger charge is 2.62. The first-order chi connectivity index (χ1) is 7.27. The summed E-state index contributed by atoms with van der Waals surface area (Å²) in [6.07, 6.45) is 0.544. The average molecular weight is 294 g/mol. The minimum absolute atomic E-state index is 0.373. The van der Waals surface area contributed by atoms with E-state index >= 15 is 0 Å². The Kier molecular flexibility index (Phi) is 3.18. The Morgan fingerprint density at radius 2 is 1.81 bits per heavy atom. The van der Waals surface area contributed by atoms with Gasteiger partial charge in [0.25, 0.3) is 0 Å². The van der Waals surface area contributed by atoms with Crippen LogP contribution in [0.4, 0.5) is 13.2 Å². The van der Waals surface area contributed by atoms with E-state index in [4.69, 9.17) is 0 Å². The normalized spacial score (nSPS) is 29.3. The maximum absolute atomic E-state index is 12.1. The lowest BCUT2D eigenvalue weighted by Gasteiger charge is -2.21. The molecular weight excluding hydrogens is 285 g/mol. The van der Waals surface area contributed by atoms with Crippen molar-refractivity contribution >= 4 is 33.6 Å². The lowest BCUT2D eigenvalue weighted by Crippen LogP contribution is -2.28. The van der Waals surface area contributed by atoms with Crippen molar-refractivity contribution in [1.82, 2.24) is 0 Å². The molecule has 1 spiro atoms. The summed E-state index contributed by atoms with van der Waals surface area (Å²) < 4.78 is 61.4. The lowest BCUT2D eigenvalue weighted by molar-refractivity contribution is -0.0548. The summed E-state index contributed by atoms with van der Waals surface area (Å²) in [5.74, 6) is 1.69. The highest BCUT2D eigenvalue weighted by atomic mass is 32.2. The highest BCUT2D eigenvalue weighted by molar-refractivity contribution is 8.19. The number of rotatable bonds is 2. The molecule has 1 aliphatic carbocycles. The van der Waals surface area contributed by atoms with Crippen LogP contribution in [0.3, 0.4) is 0 Å². The van der Waals surface area contributed by atoms with Gasteiger partial charge in [-0.05, 0) is 17.9 Å². The van der Waals surface area contributed by atoms with Crippen molar-refractivity contribution in [1.29, 1.82) is 0 Å². The maximum Gasteiger partial charge on any atom is 0.523 e. The summed E-state index contributed by atoms with van der Waals surface area (Å²) in [6.45, 7) is 0. The zero-order valence-electron chi connectivity index (χ0n) is 7.99. The van der Waals surface area contributed by atoms with Crippen LogP contribution >= 0.6 is 23.5 Å². The quantitative estimate of drug-likeness (QED) is 0.577. The standard InChI is InChI=1S/C7H9F3O3S3/c8-7(9,10)16(11,12)13-5-4-6(5)14-2-1-3-15-6/h5H,1-4H2/t5-/m1/s1. The first-order valence-electron chi connectivity index (χ1n) is 4.54. The highest BCUT2D eigenvalue weighted by Crippen LogP contribution is 2.61. The lowest BCUT2D eigenvalue weighted by atomic mass is 10.6. The van der Waals surface area contributed by atoms with Crippen molar-refractivity contribution < 1.29 is 25.8 Å². The van der Waals surface area contributed by atoms with Gasteiger partial charge >= 0.3 is 15.6 Å². The Hall–Kier alpha value is 0.400. The third-order valence-corrected chi connectivity index (χ3v) is 6.89. The molecule has 2 rings (SSSR count). The second kappa shape index (κ2) is 3.96. The number of thioether (sulfide) groups is 2. The predicted octanol–water partition coefficient (Wildman–Crippen LogP) is 2.19. The molecule has 2 fully saturated rings. The van der Waals surface area contributed by atoms with Crippen molar-refractivity contribution in [2.75, 3.05) is 11.5 Å². The Bertz CT molecular complexity index is 372. The molecule has 0 N–H and O–H groups in total. The van der Waals surface area contributed by atoms with E-state index in [-0.39, 0.29) is 0 Å². The van der Waals surface area contributed by atoms with E-state index < -0.39 is 25.8 Å². The number of halogens is 3.